The fraction of sp³-hybridized carbons (Fsp3) is 1.00. The van der Waals surface area contributed by atoms with Crippen LogP contribution in [0.3, 0.4) is 0 Å². The van der Waals surface area contributed by atoms with Gasteiger partial charge in [-0.2, -0.15) is 0 Å². The van der Waals surface area contributed by atoms with Gasteiger partial charge in [0.2, 0.25) is 0 Å². The maximum absolute atomic E-state index is 3.86. The Morgan fingerprint density at radius 1 is 1.06 bits per heavy atom. The Hall–Kier alpha value is -0.0400. The van der Waals surface area contributed by atoms with Crippen LogP contribution in [0.2, 0.25) is 0 Å². The molecule has 1 nitrogen and oxygen atoms in total. The first-order valence-corrected chi connectivity index (χ1v) is 8.02. The van der Waals surface area contributed by atoms with Crippen LogP contribution in [0.1, 0.15) is 85.0 Å². The highest BCUT2D eigenvalue weighted by Gasteiger charge is 2.19. The van der Waals surface area contributed by atoms with Crippen molar-refractivity contribution in [2.45, 2.75) is 97.1 Å². The van der Waals surface area contributed by atoms with Gasteiger partial charge >= 0.3 is 0 Å². The van der Waals surface area contributed by atoms with Crippen molar-refractivity contribution >= 4 is 0 Å². The van der Waals surface area contributed by atoms with Gasteiger partial charge in [0.15, 0.2) is 0 Å². The number of hydrogen-bond acceptors (Lipinski definition) is 1. The van der Waals surface area contributed by atoms with E-state index in [-0.39, 0.29) is 0 Å². The summed E-state index contributed by atoms with van der Waals surface area (Å²) in [4.78, 5) is 0. The van der Waals surface area contributed by atoms with Crippen LogP contribution in [-0.2, 0) is 0 Å². The molecule has 0 amide bonds. The highest BCUT2D eigenvalue weighted by molar-refractivity contribution is 4.77. The lowest BCUT2D eigenvalue weighted by molar-refractivity contribution is 0.376. The van der Waals surface area contributed by atoms with Gasteiger partial charge < -0.3 is 5.32 Å². The second-order valence-corrected chi connectivity index (χ2v) is 6.07. The van der Waals surface area contributed by atoms with E-state index in [1.165, 1.54) is 64.2 Å². The molecule has 0 radical (unpaired) electrons. The molecule has 0 aromatic rings. The maximum atomic E-state index is 3.86. The smallest absolute Gasteiger partial charge is 0.00696 e. The van der Waals surface area contributed by atoms with Gasteiger partial charge in [0.25, 0.3) is 0 Å². The zero-order chi connectivity index (χ0) is 12.5. The zero-order valence-corrected chi connectivity index (χ0v) is 12.3. The molecule has 17 heavy (non-hydrogen) atoms. The van der Waals surface area contributed by atoms with Crippen LogP contribution in [0.25, 0.3) is 0 Å². The SMILES string of the molecule is CCCCC(C)NC1CCCC(CCC)CC1. The molecule has 0 spiro atoms. The third-order valence-corrected chi connectivity index (χ3v) is 4.30. The molecule has 0 aliphatic heterocycles. The zero-order valence-electron chi connectivity index (χ0n) is 12.3. The van der Waals surface area contributed by atoms with E-state index in [2.05, 4.69) is 26.1 Å². The van der Waals surface area contributed by atoms with Crippen molar-refractivity contribution in [3.05, 3.63) is 0 Å². The minimum absolute atomic E-state index is 0.725. The highest BCUT2D eigenvalue weighted by Crippen LogP contribution is 2.27. The Labute approximate surface area is 109 Å². The first-order valence-electron chi connectivity index (χ1n) is 8.02. The number of nitrogens with one attached hydrogen (secondary N) is 1. The van der Waals surface area contributed by atoms with Gasteiger partial charge in [0.05, 0.1) is 0 Å². The molecule has 1 saturated carbocycles. The molecule has 0 bridgehead atoms. The molecule has 0 aromatic heterocycles. The average Bonchev–Trinajstić information content (AvgIpc) is 2.53. The summed E-state index contributed by atoms with van der Waals surface area (Å²) in [7, 11) is 0. The minimum atomic E-state index is 0.725. The first kappa shape index (κ1) is 15.0. The quantitative estimate of drug-likeness (QED) is 0.623. The Morgan fingerprint density at radius 3 is 2.59 bits per heavy atom. The van der Waals surface area contributed by atoms with Gasteiger partial charge in [0.1, 0.15) is 0 Å². The van der Waals surface area contributed by atoms with Gasteiger partial charge in [-0.25, -0.2) is 0 Å². The van der Waals surface area contributed by atoms with Crippen LogP contribution < -0.4 is 5.32 Å². The lowest BCUT2D eigenvalue weighted by Gasteiger charge is -2.22. The summed E-state index contributed by atoms with van der Waals surface area (Å²) < 4.78 is 0. The molecule has 3 unspecified atom stereocenters. The van der Waals surface area contributed by atoms with Crippen molar-refractivity contribution in [3.63, 3.8) is 0 Å². The Bertz CT molecular complexity index is 178. The van der Waals surface area contributed by atoms with Crippen LogP contribution >= 0.6 is 0 Å². The third kappa shape index (κ3) is 6.45. The Morgan fingerprint density at radius 2 is 1.88 bits per heavy atom. The fourth-order valence-corrected chi connectivity index (χ4v) is 3.24. The molecule has 102 valence electrons. The molecule has 0 heterocycles. The van der Waals surface area contributed by atoms with E-state index in [1.54, 1.807) is 0 Å². The number of unbranched alkanes of at least 4 members (excludes halogenated alkanes) is 1. The highest BCUT2D eigenvalue weighted by atomic mass is 14.9. The molecule has 1 rings (SSSR count). The summed E-state index contributed by atoms with van der Waals surface area (Å²) in [5.41, 5.74) is 0. The van der Waals surface area contributed by atoms with E-state index in [4.69, 9.17) is 0 Å². The normalized spacial score (nSPS) is 27.7. The Balaban J connectivity index is 2.21. The molecule has 1 heteroatoms. The standard InChI is InChI=1S/C16H33N/c1-4-6-9-14(3)17-16-11-7-10-15(8-5-2)12-13-16/h14-17H,4-13H2,1-3H3. The van der Waals surface area contributed by atoms with Crippen LogP contribution in [0, 0.1) is 5.92 Å². The lowest BCUT2D eigenvalue weighted by atomic mass is 9.95. The summed E-state index contributed by atoms with van der Waals surface area (Å²) in [5.74, 6) is 1.03. The average molecular weight is 239 g/mol. The molecule has 3 atom stereocenters. The predicted molar refractivity (Wildman–Crippen MR) is 77.4 cm³/mol. The van der Waals surface area contributed by atoms with E-state index in [9.17, 15) is 0 Å². The summed E-state index contributed by atoms with van der Waals surface area (Å²) in [6.07, 6.45) is 14.1. The maximum Gasteiger partial charge on any atom is 0.00696 e. The van der Waals surface area contributed by atoms with Gasteiger partial charge in [-0.1, -0.05) is 52.4 Å². The van der Waals surface area contributed by atoms with Crippen LogP contribution in [0.5, 0.6) is 0 Å². The van der Waals surface area contributed by atoms with Gasteiger partial charge in [0, 0.05) is 12.1 Å². The van der Waals surface area contributed by atoms with Crippen molar-refractivity contribution < 1.29 is 0 Å². The molecule has 1 N–H and O–H groups in total. The third-order valence-electron chi connectivity index (χ3n) is 4.30. The van der Waals surface area contributed by atoms with Crippen molar-refractivity contribution in [1.29, 1.82) is 0 Å². The summed E-state index contributed by atoms with van der Waals surface area (Å²) in [6, 6.07) is 1.53. The molecular weight excluding hydrogens is 206 g/mol. The number of hydrogen-bond donors (Lipinski definition) is 1. The largest absolute Gasteiger partial charge is 0.312 e. The Kier molecular flexibility index (Phi) is 7.92. The van der Waals surface area contributed by atoms with Gasteiger partial charge in [-0.15, -0.1) is 0 Å². The van der Waals surface area contributed by atoms with E-state index in [0.717, 1.165) is 18.0 Å². The molecule has 0 aromatic carbocycles. The van der Waals surface area contributed by atoms with E-state index in [1.807, 2.05) is 0 Å². The summed E-state index contributed by atoms with van der Waals surface area (Å²) in [5, 5.41) is 3.86. The van der Waals surface area contributed by atoms with Crippen LogP contribution in [0.4, 0.5) is 0 Å². The molecule has 1 aliphatic carbocycles. The van der Waals surface area contributed by atoms with Crippen molar-refractivity contribution in [2.24, 2.45) is 5.92 Å². The topological polar surface area (TPSA) is 12.0 Å². The van der Waals surface area contributed by atoms with Crippen LogP contribution in [-0.4, -0.2) is 12.1 Å². The van der Waals surface area contributed by atoms with Gasteiger partial charge in [-0.05, 0) is 38.5 Å². The fourth-order valence-electron chi connectivity index (χ4n) is 3.24. The second-order valence-electron chi connectivity index (χ2n) is 6.07. The second kappa shape index (κ2) is 8.97. The molecule has 0 saturated heterocycles. The van der Waals surface area contributed by atoms with E-state index >= 15 is 0 Å². The van der Waals surface area contributed by atoms with Crippen molar-refractivity contribution in [3.8, 4) is 0 Å². The first-order chi connectivity index (χ1) is 8.26. The predicted octanol–water partition coefficient (Wildman–Crippen LogP) is 4.90. The van der Waals surface area contributed by atoms with Gasteiger partial charge in [-0.3, -0.25) is 0 Å². The van der Waals surface area contributed by atoms with E-state index in [0.29, 0.717) is 0 Å². The summed E-state index contributed by atoms with van der Waals surface area (Å²) in [6.45, 7) is 6.98. The lowest BCUT2D eigenvalue weighted by Crippen LogP contribution is -2.36. The van der Waals surface area contributed by atoms with Crippen molar-refractivity contribution in [2.75, 3.05) is 0 Å². The van der Waals surface area contributed by atoms with Crippen molar-refractivity contribution in [1.82, 2.24) is 5.32 Å². The minimum Gasteiger partial charge on any atom is -0.312 e. The molecule has 1 fully saturated rings. The molecular formula is C16H33N. The monoisotopic (exact) mass is 239 g/mol. The number of rotatable bonds is 7. The summed E-state index contributed by atoms with van der Waals surface area (Å²) >= 11 is 0. The van der Waals surface area contributed by atoms with Crippen LogP contribution in [0.15, 0.2) is 0 Å². The van der Waals surface area contributed by atoms with E-state index < -0.39 is 0 Å². The molecule has 1 aliphatic rings.